The molecule has 222 valence electrons. The highest BCUT2D eigenvalue weighted by Crippen LogP contribution is 2.31. The van der Waals surface area contributed by atoms with Crippen LogP contribution in [0.1, 0.15) is 37.8 Å². The number of nitrogens with zero attached hydrogens (tertiary/aromatic N) is 1. The second kappa shape index (κ2) is 17.8. The molecule has 0 aliphatic carbocycles. The van der Waals surface area contributed by atoms with Crippen LogP contribution in [0.25, 0.3) is 13.2 Å². The van der Waals surface area contributed by atoms with Crippen molar-refractivity contribution < 1.29 is 43.9 Å². The van der Waals surface area contributed by atoms with Crippen LogP contribution in [-0.2, 0) is 34.0 Å². The Hall–Kier alpha value is -2.70. The van der Waals surface area contributed by atoms with Crippen LogP contribution in [0.5, 0.6) is 11.5 Å². The van der Waals surface area contributed by atoms with Crippen molar-refractivity contribution in [2.75, 3.05) is 79.5 Å². The highest BCUT2D eigenvalue weighted by Gasteiger charge is 2.31. The van der Waals surface area contributed by atoms with E-state index >= 15 is 0 Å². The van der Waals surface area contributed by atoms with Crippen molar-refractivity contribution in [3.63, 3.8) is 0 Å². The lowest BCUT2D eigenvalue weighted by molar-refractivity contribution is -0.138. The van der Waals surface area contributed by atoms with Crippen molar-refractivity contribution in [1.29, 1.82) is 0 Å². The van der Waals surface area contributed by atoms with Crippen LogP contribution in [-0.4, -0.2) is 112 Å². The molecule has 0 unspecified atom stereocenters. The summed E-state index contributed by atoms with van der Waals surface area (Å²) in [5, 5.41) is 33.4. The smallest absolute Gasteiger partial charge is 0.305 e. The number of nitrogens with one attached hydrogen (secondary N) is 1. The summed E-state index contributed by atoms with van der Waals surface area (Å²) in [6.07, 6.45) is 0.120. The molecule has 0 heterocycles. The van der Waals surface area contributed by atoms with E-state index in [1.54, 1.807) is 18.9 Å². The van der Waals surface area contributed by atoms with Gasteiger partial charge >= 0.3 is 5.97 Å². The first kappa shape index (κ1) is 34.3. The maximum Gasteiger partial charge on any atom is 0.305 e. The van der Waals surface area contributed by atoms with E-state index in [-0.39, 0.29) is 36.9 Å². The van der Waals surface area contributed by atoms with Crippen LogP contribution in [0.3, 0.4) is 0 Å². The van der Waals surface area contributed by atoms with E-state index in [0.29, 0.717) is 87.4 Å². The highest BCUT2D eigenvalue weighted by molar-refractivity contribution is 5.78. The van der Waals surface area contributed by atoms with Crippen LogP contribution in [0.4, 0.5) is 0 Å². The van der Waals surface area contributed by atoms with Gasteiger partial charge in [0, 0.05) is 60.1 Å². The minimum Gasteiger partial charge on any atom is -0.507 e. The molecule has 0 fully saturated rings. The quantitative estimate of drug-likeness (QED) is 0.125. The molecule has 0 aromatic heterocycles. The fourth-order valence-corrected chi connectivity index (χ4v) is 3.85. The van der Waals surface area contributed by atoms with Crippen molar-refractivity contribution in [2.45, 2.75) is 39.0 Å². The van der Waals surface area contributed by atoms with Gasteiger partial charge in [0.25, 0.3) is 0 Å². The first-order valence-corrected chi connectivity index (χ1v) is 13.1. The van der Waals surface area contributed by atoms with Crippen LogP contribution in [0.2, 0.25) is 0 Å². The van der Waals surface area contributed by atoms with Gasteiger partial charge in [-0.05, 0) is 6.92 Å². The third-order valence-electron chi connectivity index (χ3n) is 6.24. The van der Waals surface area contributed by atoms with Crippen LogP contribution < -0.4 is 15.8 Å². The minimum absolute atomic E-state index is 0.0116. The van der Waals surface area contributed by atoms with Gasteiger partial charge in [-0.25, -0.2) is 0 Å². The summed E-state index contributed by atoms with van der Waals surface area (Å²) in [5.74, 6) is -1.02. The first-order chi connectivity index (χ1) is 18.4. The van der Waals surface area contributed by atoms with E-state index in [1.165, 1.54) is 0 Å². The zero-order valence-corrected chi connectivity index (χ0v) is 23.8. The molecule has 0 bridgehead atoms. The number of carboxylic acids is 1. The lowest BCUT2D eigenvalue weighted by Crippen LogP contribution is -2.39. The van der Waals surface area contributed by atoms with Gasteiger partial charge in [-0.3, -0.25) is 9.59 Å². The van der Waals surface area contributed by atoms with Gasteiger partial charge in [-0.2, -0.15) is 0 Å². The predicted octanol–water partition coefficient (Wildman–Crippen LogP) is 0.484. The predicted molar refractivity (Wildman–Crippen MR) is 148 cm³/mol. The second-order valence-electron chi connectivity index (χ2n) is 9.87. The molecule has 11 heteroatoms. The number of carbonyl (C=O) groups excluding carboxylic acids is 1. The molecular formula is C28H46N2O9. The van der Waals surface area contributed by atoms with Gasteiger partial charge in [0.05, 0.1) is 59.3 Å². The van der Waals surface area contributed by atoms with Crippen LogP contribution in [0, 0.1) is 6.92 Å². The zero-order valence-electron chi connectivity index (χ0n) is 23.8. The Bertz CT molecular complexity index is 1010. The van der Waals surface area contributed by atoms with Gasteiger partial charge in [-0.1, -0.05) is 27.0 Å². The Labute approximate surface area is 231 Å². The molecule has 4 N–H and O–H groups in total. The van der Waals surface area contributed by atoms with Gasteiger partial charge < -0.3 is 44.5 Å². The van der Waals surface area contributed by atoms with E-state index < -0.39 is 11.4 Å². The van der Waals surface area contributed by atoms with Crippen LogP contribution in [0.15, 0.2) is 0 Å². The third-order valence-corrected chi connectivity index (χ3v) is 6.24. The molecule has 0 radical (unpaired) electrons. The van der Waals surface area contributed by atoms with E-state index in [1.807, 2.05) is 13.8 Å². The number of likely N-dealkylation sites (N-methyl/N-ethyl adjacent to an activating group) is 1. The van der Waals surface area contributed by atoms with E-state index in [0.717, 1.165) is 0 Å². The Morgan fingerprint density at radius 2 is 1.36 bits per heavy atom. The number of aromatic hydroxyl groups is 2. The number of hydrogen-bond donors (Lipinski definition) is 4. The monoisotopic (exact) mass is 554 g/mol. The topological polar surface area (TPSA) is 147 Å². The molecule has 0 atom stereocenters. The van der Waals surface area contributed by atoms with Crippen molar-refractivity contribution in [2.24, 2.45) is 0 Å². The third kappa shape index (κ3) is 12.3. The number of hydrogen-bond acceptors (Lipinski definition) is 9. The number of ether oxygens (including phenoxy) is 4. The highest BCUT2D eigenvalue weighted by atomic mass is 16.6. The van der Waals surface area contributed by atoms with Crippen molar-refractivity contribution in [3.8, 4) is 11.5 Å². The number of phenols is 2. The number of amides is 1. The normalized spacial score (nSPS) is 11.6. The number of phenolic OH excluding ortho intramolecular Hbond substituents is 2. The first-order valence-electron chi connectivity index (χ1n) is 13.1. The number of aliphatic carboxylic acids is 1. The van der Waals surface area contributed by atoms with Gasteiger partial charge in [-0.15, -0.1) is 0 Å². The summed E-state index contributed by atoms with van der Waals surface area (Å²) in [6, 6.07) is 0. The molecule has 1 aromatic rings. The van der Waals surface area contributed by atoms with Gasteiger partial charge in [0.1, 0.15) is 11.5 Å². The summed E-state index contributed by atoms with van der Waals surface area (Å²) in [5.41, 5.74) is 0.157. The van der Waals surface area contributed by atoms with Crippen molar-refractivity contribution >= 4 is 25.0 Å². The number of benzene rings is 1. The molecule has 0 aliphatic rings. The molecule has 0 spiro atoms. The molecule has 0 aliphatic heterocycles. The summed E-state index contributed by atoms with van der Waals surface area (Å²) in [7, 11) is 1.73. The molecule has 1 rings (SSSR count). The van der Waals surface area contributed by atoms with Crippen LogP contribution >= 0.6 is 0 Å². The average molecular weight is 555 g/mol. The molecule has 0 saturated carbocycles. The summed E-state index contributed by atoms with van der Waals surface area (Å²) in [6.45, 7) is 18.0. The Morgan fingerprint density at radius 3 is 1.90 bits per heavy atom. The summed E-state index contributed by atoms with van der Waals surface area (Å²) < 4.78 is 21.4. The largest absolute Gasteiger partial charge is 0.507 e. The maximum atomic E-state index is 12.8. The molecule has 1 aromatic carbocycles. The minimum atomic E-state index is -0.885. The number of rotatable bonds is 21. The molecule has 11 nitrogen and oxygen atoms in total. The summed E-state index contributed by atoms with van der Waals surface area (Å²) in [4.78, 5) is 24.8. The molecule has 1 amide bonds. The van der Waals surface area contributed by atoms with Gasteiger partial charge in [0.2, 0.25) is 5.91 Å². The standard InChI is InChI=1S/C28H46N2O9/c1-20-21(2)27(35)25(22(3)26(20)34)28(4,5)19-23(31)30(6)10-8-29-9-12-37-14-16-39-18-17-38-15-13-36-11-7-24(32)33/h29,34-35H,2-3,7-19H2,1,4-6H3,(H,32,33). The van der Waals surface area contributed by atoms with Crippen molar-refractivity contribution in [3.05, 3.63) is 21.6 Å². The van der Waals surface area contributed by atoms with E-state index in [9.17, 15) is 19.8 Å². The van der Waals surface area contributed by atoms with E-state index in [4.69, 9.17) is 24.1 Å². The second-order valence-corrected chi connectivity index (χ2v) is 9.87. The van der Waals surface area contributed by atoms with Gasteiger partial charge in [0.15, 0.2) is 0 Å². The Balaban J connectivity index is 2.15. The molecule has 39 heavy (non-hydrogen) atoms. The maximum absolute atomic E-state index is 12.8. The molecule has 0 saturated heterocycles. The Morgan fingerprint density at radius 1 is 0.846 bits per heavy atom. The zero-order chi connectivity index (χ0) is 29.4. The Kier molecular flexibility index (Phi) is 15.7. The fraction of sp³-hybridized carbons (Fsp3) is 0.643. The lowest BCUT2D eigenvalue weighted by Gasteiger charge is -2.29. The van der Waals surface area contributed by atoms with E-state index in [2.05, 4.69) is 18.5 Å². The lowest BCUT2D eigenvalue weighted by atomic mass is 9.78. The average Bonchev–Trinajstić information content (AvgIpc) is 2.87. The fourth-order valence-electron chi connectivity index (χ4n) is 3.85. The SMILES string of the molecule is C=c1c(C)c(O)c(=C)c(C(C)(C)CC(=O)N(C)CCNCCOCCOCCOCCOCCC(=O)O)c1O. The summed E-state index contributed by atoms with van der Waals surface area (Å²) >= 11 is 0. The van der Waals surface area contributed by atoms with Crippen molar-refractivity contribution in [1.82, 2.24) is 10.2 Å². The number of carboxylic acid groups (broad SMARTS) is 1. The number of carbonyl (C=O) groups is 2. The molecular weight excluding hydrogens is 508 g/mol.